The van der Waals surface area contributed by atoms with E-state index in [9.17, 15) is 0 Å². The van der Waals surface area contributed by atoms with E-state index in [0.29, 0.717) is 0 Å². The molecular formula is H5AlAuCrPtSnTi. The second-order valence-corrected chi connectivity index (χ2v) is 0. The van der Waals surface area contributed by atoms with Crippen LogP contribution in [0.1, 0.15) is 0 Å². The molecule has 6 heteroatoms. The van der Waals surface area contributed by atoms with E-state index in [1.54, 1.807) is 0 Å². The molecule has 0 N–H and O–H groups in total. The first-order valence-electron chi connectivity index (χ1n) is 0. The SMILES string of the molecule is [AlH3].[Au].[Cr].[Pt].[SnH2].[Ti]. The van der Waals surface area contributed by atoms with Crippen molar-refractivity contribution in [3.05, 3.63) is 0 Å². The molecule has 0 rings (SSSR count). The van der Waals surface area contributed by atoms with Crippen LogP contribution < -0.4 is 0 Å². The van der Waals surface area contributed by atoms with Gasteiger partial charge in [0, 0.05) is 82.5 Å². The molecule has 0 unspecified atom stereocenters. The van der Waals surface area contributed by atoms with Crippen LogP contribution in [0.25, 0.3) is 0 Å². The van der Waals surface area contributed by atoms with E-state index in [-0.39, 0.29) is 124 Å². The van der Waals surface area contributed by atoms with Gasteiger partial charge in [-0.25, -0.2) is 0 Å². The van der Waals surface area contributed by atoms with Crippen LogP contribution in [0.15, 0.2) is 0 Å². The van der Waals surface area contributed by atoms with Crippen LogP contribution in [0.5, 0.6) is 0 Å². The third kappa shape index (κ3) is 24.5. The van der Waals surface area contributed by atoms with Gasteiger partial charge in [-0.2, -0.15) is 0 Å². The Hall–Kier alpha value is 4.01. The minimum Gasteiger partial charge on any atom is 0 e. The fraction of sp³-hybridized carbons (Fsp3) is 0. The zero-order valence-electron chi connectivity index (χ0n) is 2.23. The molecule has 3 radical (unpaired) electrons. The molecule has 0 amide bonds. The molecule has 0 aromatic rings. The minimum absolute atomic E-state index is 0. The second kappa shape index (κ2) is 36.0. The summed E-state index contributed by atoms with van der Waals surface area (Å²) in [6.07, 6.45) is 0. The summed E-state index contributed by atoms with van der Waals surface area (Å²) in [6.45, 7) is 0. The molecule has 0 fully saturated rings. The predicted molar refractivity (Wildman–Crippen MR) is 18.5 cm³/mol. The maximum atomic E-state index is 0. The van der Waals surface area contributed by atoms with E-state index < -0.39 is 0 Å². The van der Waals surface area contributed by atoms with Crippen molar-refractivity contribution < 1.29 is 82.5 Å². The van der Waals surface area contributed by atoms with Crippen molar-refractivity contribution in [3.63, 3.8) is 0 Å². The van der Waals surface area contributed by atoms with E-state index in [1.165, 1.54) is 0 Å². The molecular weight excluding hydrogens is 638 g/mol. The molecule has 0 atom stereocenters. The monoisotopic (exact) mass is 644 g/mol. The van der Waals surface area contributed by atoms with Gasteiger partial charge in [-0.1, -0.05) is 0 Å². The molecule has 0 aromatic carbocycles. The first kappa shape index (κ1) is 50.6. The third-order valence-corrected chi connectivity index (χ3v) is 0. The summed E-state index contributed by atoms with van der Waals surface area (Å²) < 4.78 is 0. The molecule has 0 spiro atoms. The van der Waals surface area contributed by atoms with Crippen LogP contribution in [0, 0.1) is 0 Å². The molecule has 0 saturated carbocycles. The fourth-order valence-electron chi connectivity index (χ4n) is 0. The Bertz CT molecular complexity index is 15.5. The van der Waals surface area contributed by atoms with Crippen LogP contribution in [0.2, 0.25) is 0 Å². The summed E-state index contributed by atoms with van der Waals surface area (Å²) >= 11 is 0. The van der Waals surface area contributed by atoms with Gasteiger partial charge in [0.2, 0.25) is 0 Å². The van der Waals surface area contributed by atoms with Crippen LogP contribution in [-0.2, 0) is 82.5 Å². The Morgan fingerprint density at radius 1 is 1.00 bits per heavy atom. The molecule has 0 aliphatic heterocycles. The largest absolute Gasteiger partial charge is 0 e. The molecule has 0 aromatic heterocycles. The summed E-state index contributed by atoms with van der Waals surface area (Å²) in [4.78, 5) is 0. The molecule has 0 heterocycles. The Morgan fingerprint density at radius 3 is 1.00 bits per heavy atom. The summed E-state index contributed by atoms with van der Waals surface area (Å²) in [5.74, 6) is 0. The standard InChI is InChI=1S/Al.Au.Cr.Pt.Sn.Ti.5H. The van der Waals surface area contributed by atoms with Crippen LogP contribution in [0.3, 0.4) is 0 Å². The quantitative estimate of drug-likeness (QED) is 0.266. The maximum Gasteiger partial charge on any atom is 0 e. The first-order valence-corrected chi connectivity index (χ1v) is 0. The van der Waals surface area contributed by atoms with Gasteiger partial charge in [0.1, 0.15) is 0 Å². The fourth-order valence-corrected chi connectivity index (χ4v) is 0. The maximum absolute atomic E-state index is 0. The number of rotatable bonds is 0. The average Bonchev–Trinajstić information content (AvgIpc) is 0. The zero-order valence-corrected chi connectivity index (χ0v) is 13.5. The van der Waals surface area contributed by atoms with E-state index >= 15 is 0 Å². The molecule has 0 aliphatic carbocycles. The van der Waals surface area contributed by atoms with Crippen LogP contribution >= 0.6 is 0 Å². The molecule has 0 bridgehead atoms. The molecule has 43 valence electrons. The number of hydrogen-bond donors (Lipinski definition) is 0. The smallest absolute Gasteiger partial charge is 0 e. The average molecular weight is 643 g/mol. The normalized spacial score (nSPS) is 0. The summed E-state index contributed by atoms with van der Waals surface area (Å²) in [5.41, 5.74) is 0. The van der Waals surface area contributed by atoms with Gasteiger partial charge in [-0.05, 0) is 0 Å². The third-order valence-electron chi connectivity index (χ3n) is 0. The zero-order chi connectivity index (χ0) is 0. The Morgan fingerprint density at radius 2 is 1.00 bits per heavy atom. The van der Waals surface area contributed by atoms with Gasteiger partial charge in [0.05, 0.1) is 0 Å². The summed E-state index contributed by atoms with van der Waals surface area (Å²) in [6, 6.07) is 0. The van der Waals surface area contributed by atoms with E-state index in [2.05, 4.69) is 0 Å². The van der Waals surface area contributed by atoms with Crippen molar-refractivity contribution in [3.8, 4) is 0 Å². The minimum atomic E-state index is 0. The van der Waals surface area contributed by atoms with Crippen molar-refractivity contribution in [1.29, 1.82) is 0 Å². The number of hydrogen-bond acceptors (Lipinski definition) is 0. The van der Waals surface area contributed by atoms with Crippen molar-refractivity contribution in [1.82, 2.24) is 0 Å². The van der Waals surface area contributed by atoms with Crippen molar-refractivity contribution in [2.75, 3.05) is 0 Å². The van der Waals surface area contributed by atoms with E-state index in [0.717, 1.165) is 0 Å². The second-order valence-electron chi connectivity index (χ2n) is 0. The van der Waals surface area contributed by atoms with Gasteiger partial charge >= 0.3 is 23.9 Å². The first-order chi connectivity index (χ1) is 0. The van der Waals surface area contributed by atoms with E-state index in [4.69, 9.17) is 0 Å². The Balaban J connectivity index is 0. The molecule has 6 heavy (non-hydrogen) atoms. The van der Waals surface area contributed by atoms with Gasteiger partial charge < -0.3 is 0 Å². The van der Waals surface area contributed by atoms with E-state index in [1.807, 2.05) is 0 Å². The molecule has 0 nitrogen and oxygen atoms in total. The van der Waals surface area contributed by atoms with Crippen molar-refractivity contribution in [2.45, 2.75) is 0 Å². The van der Waals surface area contributed by atoms with Gasteiger partial charge in [0.15, 0.2) is 17.4 Å². The summed E-state index contributed by atoms with van der Waals surface area (Å²) in [7, 11) is 0. The van der Waals surface area contributed by atoms with Gasteiger partial charge in [-0.15, -0.1) is 0 Å². The summed E-state index contributed by atoms with van der Waals surface area (Å²) in [5, 5.41) is 0. The topological polar surface area (TPSA) is 0 Å². The van der Waals surface area contributed by atoms with Crippen LogP contribution in [0.4, 0.5) is 0 Å². The Kier molecular flexibility index (Phi) is 303. The van der Waals surface area contributed by atoms with Gasteiger partial charge in [0.25, 0.3) is 0 Å². The van der Waals surface area contributed by atoms with Crippen molar-refractivity contribution >= 4 is 41.3 Å². The Labute approximate surface area is 121 Å². The van der Waals surface area contributed by atoms with Crippen LogP contribution in [-0.4, -0.2) is 41.3 Å². The van der Waals surface area contributed by atoms with Gasteiger partial charge in [-0.3, -0.25) is 0 Å². The van der Waals surface area contributed by atoms with Crippen molar-refractivity contribution in [2.24, 2.45) is 0 Å². The molecule has 0 aliphatic rings. The predicted octanol–water partition coefficient (Wildman–Crippen LogP) is -2.11. The molecule has 0 saturated heterocycles.